The van der Waals surface area contributed by atoms with Crippen molar-refractivity contribution in [1.29, 1.82) is 0 Å². The van der Waals surface area contributed by atoms with Gasteiger partial charge in [0.05, 0.1) is 6.04 Å². The van der Waals surface area contributed by atoms with E-state index in [-0.39, 0.29) is 11.2 Å². The molecule has 8 heteroatoms. The second-order valence-electron chi connectivity index (χ2n) is 9.44. The van der Waals surface area contributed by atoms with Crippen LogP contribution in [-0.4, -0.2) is 44.1 Å². The first-order valence-electron chi connectivity index (χ1n) is 12.3. The zero-order valence-electron chi connectivity index (χ0n) is 20.4. The minimum absolute atomic E-state index is 0.251. The average molecular weight is 516 g/mol. The number of nitrogens with zero attached hydrogens (tertiary/aromatic N) is 2. The number of nitrogens with one attached hydrogen (secondary N) is 1. The van der Waals surface area contributed by atoms with E-state index in [9.17, 15) is 19.8 Å². The highest BCUT2D eigenvalue weighted by Crippen LogP contribution is 2.48. The van der Waals surface area contributed by atoms with Gasteiger partial charge in [-0.1, -0.05) is 54.6 Å². The van der Waals surface area contributed by atoms with Crippen molar-refractivity contribution in [2.75, 3.05) is 0 Å². The van der Waals surface area contributed by atoms with Crippen molar-refractivity contribution in [3.8, 4) is 0 Å². The number of pyridine rings is 1. The third-order valence-corrected chi connectivity index (χ3v) is 8.20. The lowest BCUT2D eigenvalue weighted by atomic mass is 9.91. The maximum absolute atomic E-state index is 12.7. The standard InChI is InChI=1S/C29H29N3O4S/c1-18(19-6-8-21(9-7-19)27-24(12-15-37-27)20-10-13-30-14-11-20)31-28(35)25(33)26(34)29(36)32-16-22-4-2-3-5-23(22)17-32/h2-15,18,24-27,33-34H,16-17H2,1H3,(H,31,35)/t18-,24?,25?,26?,27?/m1/s1. The van der Waals surface area contributed by atoms with Gasteiger partial charge in [0.1, 0.15) is 0 Å². The Morgan fingerprint density at radius 1 is 0.946 bits per heavy atom. The van der Waals surface area contributed by atoms with Crippen LogP contribution in [0, 0.1) is 0 Å². The highest BCUT2D eigenvalue weighted by atomic mass is 32.2. The molecular weight excluding hydrogens is 486 g/mol. The van der Waals surface area contributed by atoms with E-state index in [0.717, 1.165) is 16.7 Å². The summed E-state index contributed by atoms with van der Waals surface area (Å²) in [6.45, 7) is 2.50. The molecular formula is C29H29N3O4S. The van der Waals surface area contributed by atoms with Crippen LogP contribution in [0.1, 0.15) is 52.0 Å². The summed E-state index contributed by atoms with van der Waals surface area (Å²) in [6, 6.07) is 19.3. The predicted molar refractivity (Wildman–Crippen MR) is 142 cm³/mol. The van der Waals surface area contributed by atoms with Gasteiger partial charge in [0.25, 0.3) is 11.8 Å². The Morgan fingerprint density at radius 2 is 1.59 bits per heavy atom. The maximum Gasteiger partial charge on any atom is 0.255 e. The molecule has 2 aliphatic heterocycles. The quantitative estimate of drug-likeness (QED) is 0.444. The van der Waals surface area contributed by atoms with E-state index < -0.39 is 30.1 Å². The van der Waals surface area contributed by atoms with Gasteiger partial charge in [-0.15, -0.1) is 11.8 Å². The molecule has 3 heterocycles. The van der Waals surface area contributed by atoms with E-state index in [4.69, 9.17) is 0 Å². The minimum atomic E-state index is -1.86. The van der Waals surface area contributed by atoms with Crippen molar-refractivity contribution in [3.63, 3.8) is 0 Å². The number of carbonyl (C=O) groups excluding carboxylic acids is 2. The second-order valence-corrected chi connectivity index (χ2v) is 10.5. The number of rotatable bonds is 7. The van der Waals surface area contributed by atoms with Gasteiger partial charge in [-0.25, -0.2) is 0 Å². The fraction of sp³-hybridized carbons (Fsp3) is 0.276. The van der Waals surface area contributed by atoms with Gasteiger partial charge in [-0.3, -0.25) is 14.6 Å². The third kappa shape index (κ3) is 5.32. The smallest absolute Gasteiger partial charge is 0.255 e. The van der Waals surface area contributed by atoms with Crippen LogP contribution >= 0.6 is 11.8 Å². The van der Waals surface area contributed by atoms with Crippen molar-refractivity contribution < 1.29 is 19.8 Å². The lowest BCUT2D eigenvalue weighted by Crippen LogP contribution is -2.50. The molecule has 2 aromatic carbocycles. The molecule has 0 radical (unpaired) electrons. The molecule has 7 nitrogen and oxygen atoms in total. The maximum atomic E-state index is 12.7. The Kier molecular flexibility index (Phi) is 7.41. The third-order valence-electron chi connectivity index (χ3n) is 7.03. The van der Waals surface area contributed by atoms with E-state index in [0.29, 0.717) is 13.1 Å². The van der Waals surface area contributed by atoms with Crippen LogP contribution < -0.4 is 5.32 Å². The molecule has 0 spiro atoms. The second kappa shape index (κ2) is 10.9. The van der Waals surface area contributed by atoms with Crippen LogP contribution in [0.4, 0.5) is 0 Å². The Bertz CT molecular complexity index is 1270. The molecule has 0 fully saturated rings. The Morgan fingerprint density at radius 3 is 2.24 bits per heavy atom. The number of amides is 2. The summed E-state index contributed by atoms with van der Waals surface area (Å²) in [6.07, 6.45) is 2.12. The van der Waals surface area contributed by atoms with E-state index in [1.807, 2.05) is 48.5 Å². The van der Waals surface area contributed by atoms with E-state index >= 15 is 0 Å². The normalized spacial score (nSPS) is 20.8. The van der Waals surface area contributed by atoms with Crippen molar-refractivity contribution >= 4 is 23.6 Å². The number of allylic oxidation sites excluding steroid dienone is 1. The number of hydrogen-bond acceptors (Lipinski definition) is 6. The van der Waals surface area contributed by atoms with Gasteiger partial charge in [0.15, 0.2) is 12.2 Å². The molecule has 4 unspecified atom stereocenters. The fourth-order valence-corrected chi connectivity index (χ4v) is 6.03. The monoisotopic (exact) mass is 515 g/mol. The minimum Gasteiger partial charge on any atom is -0.380 e. The Labute approximate surface area is 220 Å². The van der Waals surface area contributed by atoms with Gasteiger partial charge >= 0.3 is 0 Å². The molecule has 3 aromatic rings. The first kappa shape index (κ1) is 25.2. The van der Waals surface area contributed by atoms with Crippen molar-refractivity contribution in [2.45, 2.75) is 49.4 Å². The van der Waals surface area contributed by atoms with Gasteiger partial charge < -0.3 is 20.4 Å². The summed E-state index contributed by atoms with van der Waals surface area (Å²) in [4.78, 5) is 31.0. The van der Waals surface area contributed by atoms with Crippen LogP contribution in [-0.2, 0) is 22.7 Å². The number of thioether (sulfide) groups is 1. The van der Waals surface area contributed by atoms with Crippen LogP contribution in [0.15, 0.2) is 84.5 Å². The van der Waals surface area contributed by atoms with Gasteiger partial charge in [0, 0.05) is 36.7 Å². The van der Waals surface area contributed by atoms with Crippen molar-refractivity contribution in [1.82, 2.24) is 15.2 Å². The van der Waals surface area contributed by atoms with E-state index in [2.05, 4.69) is 33.9 Å². The molecule has 0 bridgehead atoms. The lowest BCUT2D eigenvalue weighted by Gasteiger charge is -2.24. The Balaban J connectivity index is 1.18. The first-order valence-corrected chi connectivity index (χ1v) is 13.2. The number of fused-ring (bicyclic) bond motifs is 1. The lowest BCUT2D eigenvalue weighted by molar-refractivity contribution is -0.153. The van der Waals surface area contributed by atoms with Crippen molar-refractivity contribution in [3.05, 3.63) is 112 Å². The fourth-order valence-electron chi connectivity index (χ4n) is 4.87. The number of aliphatic hydroxyl groups excluding tert-OH is 2. The Hall–Kier alpha value is -3.46. The molecule has 0 saturated heterocycles. The predicted octanol–water partition coefficient (Wildman–Crippen LogP) is 3.61. The molecule has 5 atom stereocenters. The van der Waals surface area contributed by atoms with Gasteiger partial charge in [-0.05, 0) is 52.3 Å². The molecule has 3 N–H and O–H groups in total. The number of aromatic nitrogens is 1. The largest absolute Gasteiger partial charge is 0.380 e. The molecule has 37 heavy (non-hydrogen) atoms. The molecule has 2 aliphatic rings. The molecule has 190 valence electrons. The highest BCUT2D eigenvalue weighted by molar-refractivity contribution is 8.02. The van der Waals surface area contributed by atoms with E-state index in [1.54, 1.807) is 31.1 Å². The number of carbonyl (C=O) groups is 2. The van der Waals surface area contributed by atoms with Crippen LogP contribution in [0.5, 0.6) is 0 Å². The molecule has 0 saturated carbocycles. The zero-order valence-corrected chi connectivity index (χ0v) is 21.2. The van der Waals surface area contributed by atoms with Gasteiger partial charge in [0.2, 0.25) is 0 Å². The highest BCUT2D eigenvalue weighted by Gasteiger charge is 2.36. The molecule has 0 aliphatic carbocycles. The summed E-state index contributed by atoms with van der Waals surface area (Å²) in [5.74, 6) is -1.20. The summed E-state index contributed by atoms with van der Waals surface area (Å²) in [7, 11) is 0. The number of hydrogen-bond donors (Lipinski definition) is 3. The summed E-state index contributed by atoms with van der Waals surface area (Å²) >= 11 is 1.77. The molecule has 5 rings (SSSR count). The van der Waals surface area contributed by atoms with Crippen molar-refractivity contribution in [2.24, 2.45) is 0 Å². The topological polar surface area (TPSA) is 103 Å². The zero-order chi connectivity index (χ0) is 25.9. The first-order chi connectivity index (χ1) is 17.9. The number of aliphatic hydroxyl groups is 2. The van der Waals surface area contributed by atoms with Crippen LogP contribution in [0.3, 0.4) is 0 Å². The van der Waals surface area contributed by atoms with Crippen LogP contribution in [0.2, 0.25) is 0 Å². The number of benzene rings is 2. The molecule has 1 aromatic heterocycles. The van der Waals surface area contributed by atoms with E-state index in [1.165, 1.54) is 16.0 Å². The molecule has 2 amide bonds. The summed E-state index contributed by atoms with van der Waals surface area (Å²) in [5.41, 5.74) is 5.24. The summed E-state index contributed by atoms with van der Waals surface area (Å²) in [5, 5.41) is 26.0. The summed E-state index contributed by atoms with van der Waals surface area (Å²) < 4.78 is 0. The van der Waals surface area contributed by atoms with Gasteiger partial charge in [-0.2, -0.15) is 0 Å². The van der Waals surface area contributed by atoms with Crippen LogP contribution in [0.25, 0.3) is 0 Å². The average Bonchev–Trinajstić information content (AvgIpc) is 3.60. The SMILES string of the molecule is C[C@@H](NC(=O)C(O)C(O)C(=O)N1Cc2ccccc2C1)c1ccc(C2SC=CC2c2ccncc2)cc1.